The fraction of sp³-hybridized carbons (Fsp3) is 0.412. The summed E-state index contributed by atoms with van der Waals surface area (Å²) in [5.74, 6) is 0.355. The van der Waals surface area contributed by atoms with Crippen LogP contribution in [0.15, 0.2) is 33.5 Å². The van der Waals surface area contributed by atoms with Gasteiger partial charge in [0, 0.05) is 30.6 Å². The Morgan fingerprint density at radius 1 is 1.25 bits per heavy atom. The number of fused-ring (bicyclic) bond motifs is 1. The minimum Gasteiger partial charge on any atom is -0.422 e. The van der Waals surface area contributed by atoms with Crippen LogP contribution in [0.2, 0.25) is 0 Å². The molecule has 0 bridgehead atoms. The van der Waals surface area contributed by atoms with E-state index in [0.29, 0.717) is 30.3 Å². The molecule has 1 aliphatic rings. The van der Waals surface area contributed by atoms with E-state index in [0.717, 1.165) is 6.42 Å². The van der Waals surface area contributed by atoms with Gasteiger partial charge in [-0.15, -0.1) is 0 Å². The number of piperidine rings is 1. The smallest absolute Gasteiger partial charge is 0.349 e. The molecule has 0 aliphatic carbocycles. The molecule has 1 aromatic carbocycles. The maximum atomic E-state index is 12.7. The van der Waals surface area contributed by atoms with E-state index in [2.05, 4.69) is 13.8 Å². The molecule has 2 aromatic rings. The fourth-order valence-corrected chi connectivity index (χ4v) is 3.37. The number of nitro groups is 1. The van der Waals surface area contributed by atoms with E-state index in [-0.39, 0.29) is 22.7 Å². The van der Waals surface area contributed by atoms with Gasteiger partial charge in [0.05, 0.1) is 4.92 Å². The highest BCUT2D eigenvalue weighted by atomic mass is 16.6. The Labute approximate surface area is 138 Å². The molecule has 7 heteroatoms. The van der Waals surface area contributed by atoms with Crippen molar-refractivity contribution in [2.24, 2.45) is 11.8 Å². The van der Waals surface area contributed by atoms with E-state index >= 15 is 0 Å². The van der Waals surface area contributed by atoms with Crippen LogP contribution in [0, 0.1) is 22.0 Å². The van der Waals surface area contributed by atoms with Crippen molar-refractivity contribution in [3.63, 3.8) is 0 Å². The van der Waals surface area contributed by atoms with E-state index in [1.165, 1.54) is 24.3 Å². The maximum Gasteiger partial charge on any atom is 0.349 e. The number of benzene rings is 1. The summed E-state index contributed by atoms with van der Waals surface area (Å²) in [6, 6.07) is 5.33. The van der Waals surface area contributed by atoms with Crippen LogP contribution in [-0.4, -0.2) is 28.8 Å². The minimum absolute atomic E-state index is 0.0794. The zero-order valence-corrected chi connectivity index (χ0v) is 13.5. The van der Waals surface area contributed by atoms with Crippen LogP contribution >= 0.6 is 0 Å². The molecule has 126 valence electrons. The quantitative estimate of drug-likeness (QED) is 0.479. The van der Waals surface area contributed by atoms with E-state index < -0.39 is 10.5 Å². The van der Waals surface area contributed by atoms with Crippen LogP contribution in [0.25, 0.3) is 11.0 Å². The lowest BCUT2D eigenvalue weighted by atomic mass is 9.91. The number of non-ortho nitro benzene ring substituents is 1. The standard InChI is InChI=1S/C17H18N2O5/c1-10-5-11(2)9-18(8-10)16(20)14-7-12-6-13(19(22)23)3-4-15(12)24-17(14)21/h3-4,6-7,10-11H,5,8-9H2,1-2H3/t10-,11+. The third kappa shape index (κ3) is 3.02. The number of likely N-dealkylation sites (tertiary alicyclic amines) is 1. The first-order valence-corrected chi connectivity index (χ1v) is 7.86. The molecule has 2 heterocycles. The van der Waals surface area contributed by atoms with Crippen molar-refractivity contribution in [2.75, 3.05) is 13.1 Å². The van der Waals surface area contributed by atoms with Crippen LogP contribution in [0.3, 0.4) is 0 Å². The summed E-state index contributed by atoms with van der Waals surface area (Å²) in [7, 11) is 0. The number of nitro benzene ring substituents is 1. The van der Waals surface area contributed by atoms with Crippen molar-refractivity contribution in [3.05, 3.63) is 50.4 Å². The Balaban J connectivity index is 2.01. The molecule has 0 unspecified atom stereocenters. The molecule has 0 N–H and O–H groups in total. The fourth-order valence-electron chi connectivity index (χ4n) is 3.37. The van der Waals surface area contributed by atoms with E-state index in [1.807, 2.05) is 0 Å². The zero-order valence-electron chi connectivity index (χ0n) is 13.5. The summed E-state index contributed by atoms with van der Waals surface area (Å²) >= 11 is 0. The largest absolute Gasteiger partial charge is 0.422 e. The number of carbonyl (C=O) groups excluding carboxylic acids is 1. The number of nitrogens with zero attached hydrogens (tertiary/aromatic N) is 2. The summed E-state index contributed by atoms with van der Waals surface area (Å²) in [4.78, 5) is 36.9. The summed E-state index contributed by atoms with van der Waals surface area (Å²) in [5, 5.41) is 11.3. The predicted octanol–water partition coefficient (Wildman–Crippen LogP) is 2.82. The average Bonchev–Trinajstić information content (AvgIpc) is 2.52. The first kappa shape index (κ1) is 16.2. The highest BCUT2D eigenvalue weighted by Gasteiger charge is 2.28. The lowest BCUT2D eigenvalue weighted by Gasteiger charge is -2.34. The van der Waals surface area contributed by atoms with Gasteiger partial charge >= 0.3 is 5.63 Å². The van der Waals surface area contributed by atoms with Crippen LogP contribution in [0.5, 0.6) is 0 Å². The van der Waals surface area contributed by atoms with Gasteiger partial charge in [-0.05, 0) is 30.4 Å². The molecule has 7 nitrogen and oxygen atoms in total. The lowest BCUT2D eigenvalue weighted by molar-refractivity contribution is -0.384. The molecule has 1 fully saturated rings. The van der Waals surface area contributed by atoms with Gasteiger partial charge < -0.3 is 9.32 Å². The predicted molar refractivity (Wildman–Crippen MR) is 88.0 cm³/mol. The molecule has 1 amide bonds. The summed E-state index contributed by atoms with van der Waals surface area (Å²) in [6.07, 6.45) is 1.04. The van der Waals surface area contributed by atoms with Gasteiger partial charge in [0.15, 0.2) is 0 Å². The van der Waals surface area contributed by atoms with Gasteiger partial charge in [0.1, 0.15) is 11.1 Å². The molecule has 1 saturated heterocycles. The summed E-state index contributed by atoms with van der Waals surface area (Å²) in [6.45, 7) is 5.33. The van der Waals surface area contributed by atoms with Gasteiger partial charge in [0.25, 0.3) is 11.6 Å². The van der Waals surface area contributed by atoms with E-state index in [9.17, 15) is 19.7 Å². The molecule has 0 saturated carbocycles. The molecule has 0 radical (unpaired) electrons. The van der Waals surface area contributed by atoms with Gasteiger partial charge in [-0.2, -0.15) is 0 Å². The Hall–Kier alpha value is -2.70. The third-order valence-electron chi connectivity index (χ3n) is 4.31. The Morgan fingerprint density at radius 2 is 1.92 bits per heavy atom. The molecule has 0 spiro atoms. The van der Waals surface area contributed by atoms with Crippen molar-refractivity contribution in [3.8, 4) is 0 Å². The van der Waals surface area contributed by atoms with Crippen LogP contribution in [-0.2, 0) is 0 Å². The number of hydrogen-bond acceptors (Lipinski definition) is 5. The van der Waals surface area contributed by atoms with Crippen molar-refractivity contribution < 1.29 is 14.1 Å². The second-order valence-corrected chi connectivity index (χ2v) is 6.58. The maximum absolute atomic E-state index is 12.7. The number of amides is 1. The molecule has 1 aliphatic heterocycles. The third-order valence-corrected chi connectivity index (χ3v) is 4.31. The van der Waals surface area contributed by atoms with Crippen molar-refractivity contribution in [1.82, 2.24) is 4.90 Å². The minimum atomic E-state index is -0.716. The monoisotopic (exact) mass is 330 g/mol. The van der Waals surface area contributed by atoms with Crippen LogP contribution in [0.1, 0.15) is 30.6 Å². The van der Waals surface area contributed by atoms with E-state index in [1.54, 1.807) is 4.90 Å². The zero-order chi connectivity index (χ0) is 17.4. The van der Waals surface area contributed by atoms with Crippen LogP contribution in [0.4, 0.5) is 5.69 Å². The van der Waals surface area contributed by atoms with Crippen molar-refractivity contribution in [1.29, 1.82) is 0 Å². The topological polar surface area (TPSA) is 93.7 Å². The average molecular weight is 330 g/mol. The van der Waals surface area contributed by atoms with Gasteiger partial charge in [-0.3, -0.25) is 14.9 Å². The molecule has 1 aromatic heterocycles. The van der Waals surface area contributed by atoms with E-state index in [4.69, 9.17) is 4.42 Å². The summed E-state index contributed by atoms with van der Waals surface area (Å²) in [5.41, 5.74) is -0.686. The van der Waals surface area contributed by atoms with Crippen LogP contribution < -0.4 is 5.63 Å². The van der Waals surface area contributed by atoms with Gasteiger partial charge in [-0.25, -0.2) is 4.79 Å². The summed E-state index contributed by atoms with van der Waals surface area (Å²) < 4.78 is 5.17. The molecular formula is C17H18N2O5. The highest BCUT2D eigenvalue weighted by Crippen LogP contribution is 2.24. The Morgan fingerprint density at radius 3 is 2.54 bits per heavy atom. The molecular weight excluding hydrogens is 312 g/mol. The number of rotatable bonds is 2. The van der Waals surface area contributed by atoms with Gasteiger partial charge in [-0.1, -0.05) is 13.8 Å². The first-order valence-electron chi connectivity index (χ1n) is 7.86. The van der Waals surface area contributed by atoms with Crippen molar-refractivity contribution in [2.45, 2.75) is 20.3 Å². The first-order chi connectivity index (χ1) is 11.3. The second kappa shape index (κ2) is 6.07. The molecule has 24 heavy (non-hydrogen) atoms. The number of hydrogen-bond donors (Lipinski definition) is 0. The highest BCUT2D eigenvalue weighted by molar-refractivity contribution is 5.97. The number of carbonyl (C=O) groups is 1. The second-order valence-electron chi connectivity index (χ2n) is 6.58. The lowest BCUT2D eigenvalue weighted by Crippen LogP contribution is -2.43. The Kier molecular flexibility index (Phi) is 4.09. The molecule has 2 atom stereocenters. The Bertz CT molecular complexity index is 863. The van der Waals surface area contributed by atoms with Crippen molar-refractivity contribution >= 4 is 22.6 Å². The normalized spacial score (nSPS) is 21.0. The SMILES string of the molecule is C[C@@H]1C[C@H](C)CN(C(=O)c2cc3cc([N+](=O)[O-])ccc3oc2=O)C1. The van der Waals surface area contributed by atoms with Gasteiger partial charge in [0.2, 0.25) is 0 Å². The molecule has 3 rings (SSSR count).